The van der Waals surface area contributed by atoms with Crippen molar-refractivity contribution in [2.75, 3.05) is 24.8 Å². The standard InChI is InChI=1S/C25H24ClN3O4S/c1-32-23-5-3-2-4-22(23)28-24(30)15-33-21-12-8-18(9-13-21)14-27-29-25(31)17-34-16-19-6-10-20(26)11-7-19/h2-14H,15-17H2,1H3,(H,28,30)(H,29,31). The van der Waals surface area contributed by atoms with Gasteiger partial charge >= 0.3 is 0 Å². The molecule has 3 aromatic carbocycles. The van der Waals surface area contributed by atoms with Crippen LogP contribution in [0.25, 0.3) is 0 Å². The first-order valence-corrected chi connectivity index (χ1v) is 11.9. The van der Waals surface area contributed by atoms with Gasteiger partial charge < -0.3 is 14.8 Å². The number of carbonyl (C=O) groups excluding carboxylic acids is 2. The summed E-state index contributed by atoms with van der Waals surface area (Å²) in [5.74, 6) is 1.64. The van der Waals surface area contributed by atoms with Crippen LogP contribution >= 0.6 is 23.4 Å². The molecule has 0 atom stereocenters. The monoisotopic (exact) mass is 497 g/mol. The van der Waals surface area contributed by atoms with Gasteiger partial charge in [-0.3, -0.25) is 9.59 Å². The third kappa shape index (κ3) is 8.46. The third-order valence-corrected chi connectivity index (χ3v) is 5.70. The molecule has 0 radical (unpaired) electrons. The van der Waals surface area contributed by atoms with Crippen LogP contribution in [0.1, 0.15) is 11.1 Å². The van der Waals surface area contributed by atoms with Crippen molar-refractivity contribution in [3.05, 3.63) is 88.9 Å². The van der Waals surface area contributed by atoms with Gasteiger partial charge in [-0.15, -0.1) is 11.8 Å². The Bertz CT molecular complexity index is 1120. The molecule has 3 aromatic rings. The van der Waals surface area contributed by atoms with Crippen molar-refractivity contribution in [1.82, 2.24) is 5.43 Å². The minimum absolute atomic E-state index is 0.144. The number of thioether (sulfide) groups is 1. The maximum absolute atomic E-state index is 12.1. The maximum atomic E-state index is 12.1. The van der Waals surface area contributed by atoms with E-state index in [2.05, 4.69) is 15.8 Å². The van der Waals surface area contributed by atoms with Gasteiger partial charge in [0.2, 0.25) is 5.91 Å². The normalized spacial score (nSPS) is 10.6. The zero-order chi connectivity index (χ0) is 24.2. The molecule has 0 saturated heterocycles. The summed E-state index contributed by atoms with van der Waals surface area (Å²) in [5, 5.41) is 7.41. The molecule has 0 bridgehead atoms. The summed E-state index contributed by atoms with van der Waals surface area (Å²) in [5.41, 5.74) is 4.97. The third-order valence-electron chi connectivity index (χ3n) is 4.45. The first-order valence-electron chi connectivity index (χ1n) is 10.3. The van der Waals surface area contributed by atoms with Crippen LogP contribution in [-0.4, -0.2) is 37.5 Å². The van der Waals surface area contributed by atoms with E-state index in [1.807, 2.05) is 36.4 Å². The predicted molar refractivity (Wildman–Crippen MR) is 137 cm³/mol. The molecule has 0 unspecified atom stereocenters. The van der Waals surface area contributed by atoms with E-state index in [0.717, 1.165) is 11.1 Å². The highest BCUT2D eigenvalue weighted by atomic mass is 35.5. The Morgan fingerprint density at radius 3 is 2.47 bits per heavy atom. The summed E-state index contributed by atoms with van der Waals surface area (Å²) >= 11 is 7.36. The Labute approximate surface area is 207 Å². The second kappa shape index (κ2) is 13.3. The molecular formula is C25H24ClN3O4S. The number of carbonyl (C=O) groups is 2. The van der Waals surface area contributed by atoms with Crippen LogP contribution in [-0.2, 0) is 15.3 Å². The highest BCUT2D eigenvalue weighted by Gasteiger charge is 2.07. The fourth-order valence-corrected chi connectivity index (χ4v) is 3.69. The van der Waals surface area contributed by atoms with E-state index in [4.69, 9.17) is 21.1 Å². The second-order valence-corrected chi connectivity index (χ2v) is 8.44. The topological polar surface area (TPSA) is 89.0 Å². The Morgan fingerprint density at radius 1 is 1.00 bits per heavy atom. The number of para-hydroxylation sites is 2. The molecule has 0 heterocycles. The molecule has 0 aliphatic heterocycles. The number of halogens is 1. The average Bonchev–Trinajstić information content (AvgIpc) is 2.85. The molecule has 2 amide bonds. The molecular weight excluding hydrogens is 474 g/mol. The van der Waals surface area contributed by atoms with E-state index in [1.165, 1.54) is 11.8 Å². The minimum atomic E-state index is -0.299. The van der Waals surface area contributed by atoms with Crippen molar-refractivity contribution in [2.45, 2.75) is 5.75 Å². The van der Waals surface area contributed by atoms with Gasteiger partial charge in [0.05, 0.1) is 24.8 Å². The van der Waals surface area contributed by atoms with E-state index < -0.39 is 0 Å². The van der Waals surface area contributed by atoms with E-state index in [-0.39, 0.29) is 18.4 Å². The molecule has 0 aromatic heterocycles. The fourth-order valence-electron chi connectivity index (χ4n) is 2.79. The smallest absolute Gasteiger partial charge is 0.262 e. The SMILES string of the molecule is COc1ccccc1NC(=O)COc1ccc(C=NNC(=O)CSCc2ccc(Cl)cc2)cc1. The van der Waals surface area contributed by atoms with E-state index in [0.29, 0.717) is 33.7 Å². The van der Waals surface area contributed by atoms with E-state index in [1.54, 1.807) is 49.7 Å². The molecule has 2 N–H and O–H groups in total. The van der Waals surface area contributed by atoms with Gasteiger partial charge in [-0.25, -0.2) is 5.43 Å². The number of nitrogens with one attached hydrogen (secondary N) is 2. The molecule has 0 aliphatic rings. The van der Waals surface area contributed by atoms with Crippen LogP contribution in [0, 0.1) is 0 Å². The molecule has 176 valence electrons. The fraction of sp³-hybridized carbons (Fsp3) is 0.160. The number of nitrogens with zero attached hydrogens (tertiary/aromatic N) is 1. The van der Waals surface area contributed by atoms with Crippen molar-refractivity contribution >= 4 is 47.1 Å². The summed E-state index contributed by atoms with van der Waals surface area (Å²) in [6, 6.07) is 21.7. The molecule has 34 heavy (non-hydrogen) atoms. The summed E-state index contributed by atoms with van der Waals surface area (Å²) in [6.07, 6.45) is 1.54. The number of rotatable bonds is 11. The first-order chi connectivity index (χ1) is 16.5. The summed E-state index contributed by atoms with van der Waals surface area (Å²) in [7, 11) is 1.54. The quantitative estimate of drug-likeness (QED) is 0.295. The Morgan fingerprint density at radius 2 is 1.74 bits per heavy atom. The number of hydrazone groups is 1. The molecule has 3 rings (SSSR count). The predicted octanol–water partition coefficient (Wildman–Crippen LogP) is 4.75. The Balaban J connectivity index is 1.37. The number of ether oxygens (including phenoxy) is 2. The zero-order valence-corrected chi connectivity index (χ0v) is 20.1. The first kappa shape index (κ1) is 25.1. The maximum Gasteiger partial charge on any atom is 0.262 e. The van der Waals surface area contributed by atoms with Gasteiger partial charge in [0, 0.05) is 10.8 Å². The molecule has 7 nitrogen and oxygen atoms in total. The van der Waals surface area contributed by atoms with Gasteiger partial charge in [-0.05, 0) is 59.7 Å². The van der Waals surface area contributed by atoms with Crippen LogP contribution in [0.5, 0.6) is 11.5 Å². The number of amides is 2. The molecule has 0 saturated carbocycles. The minimum Gasteiger partial charge on any atom is -0.495 e. The number of hydrogen-bond donors (Lipinski definition) is 2. The van der Waals surface area contributed by atoms with Gasteiger partial charge in [-0.2, -0.15) is 5.10 Å². The Kier molecular flexibility index (Phi) is 9.81. The van der Waals surface area contributed by atoms with Crippen LogP contribution in [0.2, 0.25) is 5.02 Å². The van der Waals surface area contributed by atoms with Crippen molar-refractivity contribution in [2.24, 2.45) is 5.10 Å². The van der Waals surface area contributed by atoms with Crippen molar-refractivity contribution in [3.63, 3.8) is 0 Å². The van der Waals surface area contributed by atoms with Crippen molar-refractivity contribution in [1.29, 1.82) is 0 Å². The van der Waals surface area contributed by atoms with E-state index >= 15 is 0 Å². The lowest BCUT2D eigenvalue weighted by Crippen LogP contribution is -2.20. The number of hydrogen-bond acceptors (Lipinski definition) is 6. The molecule has 0 spiro atoms. The zero-order valence-electron chi connectivity index (χ0n) is 18.5. The molecule has 9 heteroatoms. The van der Waals surface area contributed by atoms with Crippen LogP contribution in [0.4, 0.5) is 5.69 Å². The highest BCUT2D eigenvalue weighted by Crippen LogP contribution is 2.23. The highest BCUT2D eigenvalue weighted by molar-refractivity contribution is 7.99. The average molecular weight is 498 g/mol. The number of benzene rings is 3. The van der Waals surface area contributed by atoms with Gasteiger partial charge in [0.1, 0.15) is 11.5 Å². The Hall–Kier alpha value is -3.49. The van der Waals surface area contributed by atoms with E-state index in [9.17, 15) is 9.59 Å². The number of methoxy groups -OCH3 is 1. The van der Waals surface area contributed by atoms with Crippen LogP contribution < -0.4 is 20.2 Å². The lowest BCUT2D eigenvalue weighted by molar-refractivity contribution is -0.119. The van der Waals surface area contributed by atoms with Crippen LogP contribution in [0.15, 0.2) is 77.9 Å². The summed E-state index contributed by atoms with van der Waals surface area (Å²) in [6.45, 7) is -0.144. The molecule has 0 fully saturated rings. The lowest BCUT2D eigenvalue weighted by atomic mass is 10.2. The van der Waals surface area contributed by atoms with Crippen LogP contribution in [0.3, 0.4) is 0 Å². The number of anilines is 1. The largest absolute Gasteiger partial charge is 0.495 e. The second-order valence-electron chi connectivity index (χ2n) is 7.02. The van der Waals surface area contributed by atoms with Crippen molar-refractivity contribution in [3.8, 4) is 11.5 Å². The van der Waals surface area contributed by atoms with Gasteiger partial charge in [0.15, 0.2) is 6.61 Å². The van der Waals surface area contributed by atoms with Gasteiger partial charge in [0.25, 0.3) is 5.91 Å². The van der Waals surface area contributed by atoms with Gasteiger partial charge in [-0.1, -0.05) is 35.9 Å². The van der Waals surface area contributed by atoms with Crippen molar-refractivity contribution < 1.29 is 19.1 Å². The molecule has 0 aliphatic carbocycles. The summed E-state index contributed by atoms with van der Waals surface area (Å²) in [4.78, 5) is 24.1. The lowest BCUT2D eigenvalue weighted by Gasteiger charge is -2.10. The summed E-state index contributed by atoms with van der Waals surface area (Å²) < 4.78 is 10.7.